The molecule has 1 aromatic carbocycles. The minimum Gasteiger partial charge on any atom is -0.387 e. The first-order valence-corrected chi connectivity index (χ1v) is 9.55. The fourth-order valence-electron chi connectivity index (χ4n) is 3.72. The Kier molecular flexibility index (Phi) is 5.16. The largest absolute Gasteiger partial charge is 0.387 e. The normalized spacial score (nSPS) is 17.2. The molecule has 144 valence electrons. The van der Waals surface area contributed by atoms with Crippen molar-refractivity contribution in [1.82, 2.24) is 19.5 Å². The molecule has 3 heterocycles. The molecule has 1 N–H and O–H groups in total. The number of rotatable bonds is 5. The van der Waals surface area contributed by atoms with Gasteiger partial charge < -0.3 is 10.0 Å². The van der Waals surface area contributed by atoms with Crippen molar-refractivity contribution in [2.45, 2.75) is 38.5 Å². The molecule has 0 saturated heterocycles. The first-order valence-electron chi connectivity index (χ1n) is 9.55. The number of benzene rings is 1. The van der Waals surface area contributed by atoms with E-state index in [-0.39, 0.29) is 11.6 Å². The first-order chi connectivity index (χ1) is 13.7. The summed E-state index contributed by atoms with van der Waals surface area (Å²) in [6.07, 6.45) is 4.17. The summed E-state index contributed by atoms with van der Waals surface area (Å²) in [6.45, 7) is 3.12. The van der Waals surface area contributed by atoms with E-state index in [1.54, 1.807) is 16.8 Å². The fourth-order valence-corrected chi connectivity index (χ4v) is 3.72. The van der Waals surface area contributed by atoms with E-state index in [0.29, 0.717) is 30.4 Å². The summed E-state index contributed by atoms with van der Waals surface area (Å²) in [6, 6.07) is 13.0. The highest BCUT2D eigenvalue weighted by Crippen LogP contribution is 2.28. The molecular formula is C21H23N5O2. The second kappa shape index (κ2) is 7.90. The molecule has 0 bridgehead atoms. The summed E-state index contributed by atoms with van der Waals surface area (Å²) in [5.74, 6) is 0.592. The molecule has 4 rings (SSSR count). The second-order valence-electron chi connectivity index (χ2n) is 6.96. The van der Waals surface area contributed by atoms with E-state index in [4.69, 9.17) is 4.98 Å². The van der Waals surface area contributed by atoms with Crippen molar-refractivity contribution in [2.75, 3.05) is 11.4 Å². The van der Waals surface area contributed by atoms with Crippen LogP contribution in [-0.4, -0.2) is 37.2 Å². The Hall–Kier alpha value is -3.06. The van der Waals surface area contributed by atoms with Crippen molar-refractivity contribution in [2.24, 2.45) is 0 Å². The van der Waals surface area contributed by atoms with Crippen LogP contribution in [0, 0.1) is 0 Å². The van der Waals surface area contributed by atoms with Crippen LogP contribution >= 0.6 is 0 Å². The van der Waals surface area contributed by atoms with Crippen LogP contribution < -0.4 is 10.5 Å². The zero-order chi connectivity index (χ0) is 19.5. The smallest absolute Gasteiger partial charge is 0.255 e. The monoisotopic (exact) mass is 377 g/mol. The molecule has 0 amide bonds. The van der Waals surface area contributed by atoms with E-state index >= 15 is 0 Å². The van der Waals surface area contributed by atoms with Crippen molar-refractivity contribution < 1.29 is 5.11 Å². The number of hydrogen-bond acceptors (Lipinski definition) is 6. The number of hydrogen-bond donors (Lipinski definition) is 1. The Bertz CT molecular complexity index is 991. The van der Waals surface area contributed by atoms with Crippen LogP contribution in [0.1, 0.15) is 31.4 Å². The molecule has 0 radical (unpaired) electrons. The highest BCUT2D eigenvalue weighted by molar-refractivity contribution is 5.55. The molecule has 0 fully saturated rings. The van der Waals surface area contributed by atoms with Gasteiger partial charge in [-0.3, -0.25) is 9.36 Å². The summed E-state index contributed by atoms with van der Waals surface area (Å²) in [7, 11) is 0. The molecule has 7 nitrogen and oxygen atoms in total. The number of fused-ring (bicyclic) bond motifs is 1. The molecule has 2 atom stereocenters. The standard InChI is InChI=1S/C21H23N5O2/c1-2-16-9-11-25-20(28)12-18(17-8-10-22-14-23-17)24-21(25)26(16)13-19(27)15-6-4-3-5-7-15/h3-8,10,12,14,16,19,27H,2,9,11,13H2,1H3/t16?,19-/m1/s1. The van der Waals surface area contributed by atoms with Gasteiger partial charge >= 0.3 is 0 Å². The molecule has 0 spiro atoms. The summed E-state index contributed by atoms with van der Waals surface area (Å²) >= 11 is 0. The van der Waals surface area contributed by atoms with Gasteiger partial charge in [0, 0.05) is 24.8 Å². The van der Waals surface area contributed by atoms with Crippen molar-refractivity contribution >= 4 is 5.95 Å². The van der Waals surface area contributed by atoms with E-state index in [1.165, 1.54) is 12.4 Å². The molecule has 7 heteroatoms. The van der Waals surface area contributed by atoms with Gasteiger partial charge in [-0.05, 0) is 24.5 Å². The second-order valence-corrected chi connectivity index (χ2v) is 6.96. The van der Waals surface area contributed by atoms with Gasteiger partial charge in [0.05, 0.1) is 24.0 Å². The van der Waals surface area contributed by atoms with E-state index in [1.807, 2.05) is 30.3 Å². The number of anilines is 1. The van der Waals surface area contributed by atoms with Crippen LogP contribution in [-0.2, 0) is 6.54 Å². The molecule has 3 aromatic rings. The van der Waals surface area contributed by atoms with E-state index in [2.05, 4.69) is 21.8 Å². The lowest BCUT2D eigenvalue weighted by atomic mass is 10.0. The molecular weight excluding hydrogens is 354 g/mol. The zero-order valence-corrected chi connectivity index (χ0v) is 15.8. The molecule has 0 saturated carbocycles. The van der Waals surface area contributed by atoms with E-state index < -0.39 is 6.10 Å². The minimum absolute atomic E-state index is 0.104. The van der Waals surface area contributed by atoms with Gasteiger partial charge in [-0.25, -0.2) is 15.0 Å². The molecule has 1 aliphatic rings. The molecule has 1 aliphatic heterocycles. The third kappa shape index (κ3) is 3.53. The molecule has 2 aromatic heterocycles. The van der Waals surface area contributed by atoms with Crippen molar-refractivity contribution in [3.63, 3.8) is 0 Å². The molecule has 1 unspecified atom stereocenters. The molecule has 28 heavy (non-hydrogen) atoms. The Balaban J connectivity index is 1.74. The van der Waals surface area contributed by atoms with E-state index in [9.17, 15) is 9.90 Å². The highest BCUT2D eigenvalue weighted by atomic mass is 16.3. The predicted molar refractivity (Wildman–Crippen MR) is 107 cm³/mol. The lowest BCUT2D eigenvalue weighted by Crippen LogP contribution is -2.47. The van der Waals surface area contributed by atoms with Crippen LogP contribution in [0.25, 0.3) is 11.4 Å². The SMILES string of the molecule is CCC1CCn2c(nc(-c3ccncn3)cc2=O)N1C[C@@H](O)c1ccccc1. The summed E-state index contributed by atoms with van der Waals surface area (Å²) in [4.78, 5) is 27.7. The van der Waals surface area contributed by atoms with Gasteiger partial charge in [-0.1, -0.05) is 37.3 Å². The average Bonchev–Trinajstić information content (AvgIpc) is 2.75. The maximum absolute atomic E-state index is 12.7. The fraction of sp³-hybridized carbons (Fsp3) is 0.333. The summed E-state index contributed by atoms with van der Waals surface area (Å²) in [5.41, 5.74) is 1.88. The Morgan fingerprint density at radius 2 is 2.04 bits per heavy atom. The topological polar surface area (TPSA) is 84.1 Å². The Morgan fingerprint density at radius 3 is 2.75 bits per heavy atom. The highest BCUT2D eigenvalue weighted by Gasteiger charge is 2.29. The van der Waals surface area contributed by atoms with Gasteiger partial charge in [-0.15, -0.1) is 0 Å². The van der Waals surface area contributed by atoms with Gasteiger partial charge in [0.1, 0.15) is 6.33 Å². The number of β-amino-alcohol motifs (C(OH)–C–C–N with tert-alkyl or cyclic N) is 1. The summed E-state index contributed by atoms with van der Waals surface area (Å²) in [5, 5.41) is 10.8. The van der Waals surface area contributed by atoms with Crippen molar-refractivity contribution in [3.05, 3.63) is 70.9 Å². The number of nitrogens with zero attached hydrogens (tertiary/aromatic N) is 5. The van der Waals surface area contributed by atoms with Gasteiger partial charge in [0.25, 0.3) is 5.56 Å². The maximum Gasteiger partial charge on any atom is 0.255 e. The lowest BCUT2D eigenvalue weighted by Gasteiger charge is -2.39. The van der Waals surface area contributed by atoms with Crippen LogP contribution in [0.2, 0.25) is 0 Å². The van der Waals surface area contributed by atoms with Crippen LogP contribution in [0.15, 0.2) is 59.8 Å². The first kappa shape index (κ1) is 18.3. The zero-order valence-electron chi connectivity index (χ0n) is 15.8. The quantitative estimate of drug-likeness (QED) is 0.735. The maximum atomic E-state index is 12.7. The van der Waals surface area contributed by atoms with Gasteiger partial charge in [-0.2, -0.15) is 0 Å². The minimum atomic E-state index is -0.665. The van der Waals surface area contributed by atoms with Crippen LogP contribution in [0.4, 0.5) is 5.95 Å². The Morgan fingerprint density at radius 1 is 1.21 bits per heavy atom. The van der Waals surface area contributed by atoms with Crippen LogP contribution in [0.5, 0.6) is 0 Å². The van der Waals surface area contributed by atoms with Gasteiger partial charge in [0.2, 0.25) is 5.95 Å². The Labute approximate surface area is 163 Å². The average molecular weight is 377 g/mol. The lowest BCUT2D eigenvalue weighted by molar-refractivity contribution is 0.176. The number of aliphatic hydroxyl groups is 1. The third-order valence-electron chi connectivity index (χ3n) is 5.24. The third-order valence-corrected chi connectivity index (χ3v) is 5.24. The van der Waals surface area contributed by atoms with Crippen molar-refractivity contribution in [1.29, 1.82) is 0 Å². The van der Waals surface area contributed by atoms with Gasteiger partial charge in [0.15, 0.2) is 0 Å². The molecule has 0 aliphatic carbocycles. The van der Waals surface area contributed by atoms with Crippen LogP contribution in [0.3, 0.4) is 0 Å². The predicted octanol–water partition coefficient (Wildman–Crippen LogP) is 2.42. The van der Waals surface area contributed by atoms with Crippen molar-refractivity contribution in [3.8, 4) is 11.4 Å². The van der Waals surface area contributed by atoms with E-state index in [0.717, 1.165) is 18.4 Å². The number of aromatic nitrogens is 4. The summed E-state index contributed by atoms with van der Waals surface area (Å²) < 4.78 is 1.69. The number of aliphatic hydroxyl groups excluding tert-OH is 1.